The second-order valence-electron chi connectivity index (χ2n) is 6.62. The van der Waals surface area contributed by atoms with E-state index in [1.165, 1.54) is 38.2 Å². The molecule has 1 aliphatic carbocycles. The van der Waals surface area contributed by atoms with Crippen molar-refractivity contribution < 1.29 is 9.21 Å². The zero-order chi connectivity index (χ0) is 16.2. The number of aryl methyl sites for hydroxylation is 1. The maximum atomic E-state index is 12.4. The van der Waals surface area contributed by atoms with Crippen molar-refractivity contribution in [1.29, 1.82) is 0 Å². The number of hydrogen-bond acceptors (Lipinski definition) is 3. The molecule has 1 fully saturated rings. The van der Waals surface area contributed by atoms with Gasteiger partial charge < -0.3 is 4.42 Å². The largest absolute Gasteiger partial charge is 0.453 e. The zero-order valence-electron chi connectivity index (χ0n) is 13.8. The summed E-state index contributed by atoms with van der Waals surface area (Å²) in [6.45, 7) is 2.05. The van der Waals surface area contributed by atoms with Crippen LogP contribution in [0.2, 0.25) is 0 Å². The molecule has 3 nitrogen and oxygen atoms in total. The number of fused-ring (bicyclic) bond motifs is 1. The van der Waals surface area contributed by atoms with Crippen LogP contribution in [0.25, 0.3) is 11.0 Å². The van der Waals surface area contributed by atoms with Gasteiger partial charge >= 0.3 is 0 Å². The van der Waals surface area contributed by atoms with Crippen LogP contribution in [0.4, 0.5) is 0 Å². The lowest BCUT2D eigenvalue weighted by molar-refractivity contribution is 0.0943. The summed E-state index contributed by atoms with van der Waals surface area (Å²) < 4.78 is 5.69. The molecule has 1 aromatic heterocycles. The number of benzene rings is 1. The first-order valence-electron chi connectivity index (χ1n) is 8.77. The van der Waals surface area contributed by atoms with Crippen molar-refractivity contribution >= 4 is 16.8 Å². The van der Waals surface area contributed by atoms with Crippen molar-refractivity contribution in [2.45, 2.75) is 58.3 Å². The number of hydrogen-bond donors (Lipinski definition) is 0. The molecule has 3 heteroatoms. The van der Waals surface area contributed by atoms with Crippen molar-refractivity contribution in [3.63, 3.8) is 0 Å². The Labute approximate surface area is 136 Å². The Morgan fingerprint density at radius 2 is 1.96 bits per heavy atom. The normalized spacial score (nSPS) is 15.9. The molecule has 0 spiro atoms. The monoisotopic (exact) mass is 312 g/mol. The fraction of sp³-hybridized carbons (Fsp3) is 0.500. The number of Topliss-reactive ketones (excluding diaryl/α,β-unsaturated/α-hetero) is 1. The minimum Gasteiger partial charge on any atom is -0.453 e. The van der Waals surface area contributed by atoms with Gasteiger partial charge in [-0.15, -0.1) is 0 Å². The molecule has 1 aliphatic rings. The molecular formula is C20H24O3. The Hall–Kier alpha value is -1.90. The van der Waals surface area contributed by atoms with Crippen LogP contribution < -0.4 is 5.43 Å². The average Bonchev–Trinajstić information content (AvgIpc) is 2.60. The minimum atomic E-state index is -0.123. The van der Waals surface area contributed by atoms with Gasteiger partial charge in [0.1, 0.15) is 5.58 Å². The highest BCUT2D eigenvalue weighted by molar-refractivity contribution is 5.94. The van der Waals surface area contributed by atoms with Crippen molar-refractivity contribution in [2.75, 3.05) is 0 Å². The highest BCUT2D eigenvalue weighted by Gasteiger charge is 2.17. The molecule has 0 unspecified atom stereocenters. The van der Waals surface area contributed by atoms with Gasteiger partial charge in [-0.05, 0) is 36.5 Å². The molecule has 0 atom stereocenters. The van der Waals surface area contributed by atoms with Crippen LogP contribution in [-0.2, 0) is 6.42 Å². The third-order valence-corrected chi connectivity index (χ3v) is 4.98. The van der Waals surface area contributed by atoms with Gasteiger partial charge in [-0.25, -0.2) is 0 Å². The molecule has 1 saturated carbocycles. The predicted octanol–water partition coefficient (Wildman–Crippen LogP) is 4.90. The molecule has 0 bridgehead atoms. The number of carbonyl (C=O) groups excluding carboxylic acids is 1. The standard InChI is InChI=1S/C20H24O3/c1-2-14-9-11-19-16(12-14)18(22)13-20(23-19)17(21)10-8-15-6-4-3-5-7-15/h9,11-13,15H,2-8,10H2,1H3. The number of carbonyl (C=O) groups is 1. The molecule has 2 aromatic rings. The summed E-state index contributed by atoms with van der Waals surface area (Å²) in [6.07, 6.45) is 8.61. The van der Waals surface area contributed by atoms with E-state index in [1.807, 2.05) is 19.1 Å². The molecule has 0 N–H and O–H groups in total. The van der Waals surface area contributed by atoms with Crippen molar-refractivity contribution in [2.24, 2.45) is 5.92 Å². The van der Waals surface area contributed by atoms with E-state index >= 15 is 0 Å². The summed E-state index contributed by atoms with van der Waals surface area (Å²) in [5.74, 6) is 0.823. The van der Waals surface area contributed by atoms with E-state index in [0.717, 1.165) is 18.4 Å². The van der Waals surface area contributed by atoms with E-state index in [9.17, 15) is 9.59 Å². The average molecular weight is 312 g/mol. The van der Waals surface area contributed by atoms with E-state index < -0.39 is 0 Å². The fourth-order valence-corrected chi connectivity index (χ4v) is 3.49. The van der Waals surface area contributed by atoms with Crippen LogP contribution in [-0.4, -0.2) is 5.78 Å². The Balaban J connectivity index is 1.76. The van der Waals surface area contributed by atoms with E-state index in [1.54, 1.807) is 6.07 Å². The molecular weight excluding hydrogens is 288 g/mol. The molecule has 0 amide bonds. The first-order valence-corrected chi connectivity index (χ1v) is 8.77. The van der Waals surface area contributed by atoms with Gasteiger partial charge in [0.05, 0.1) is 5.39 Å². The van der Waals surface area contributed by atoms with Crippen LogP contribution >= 0.6 is 0 Å². The molecule has 122 valence electrons. The minimum absolute atomic E-state index is 0.0471. The summed E-state index contributed by atoms with van der Waals surface area (Å²) >= 11 is 0. The maximum absolute atomic E-state index is 12.4. The van der Waals surface area contributed by atoms with E-state index in [2.05, 4.69) is 0 Å². The first-order chi connectivity index (χ1) is 11.2. The van der Waals surface area contributed by atoms with Crippen LogP contribution in [0.5, 0.6) is 0 Å². The van der Waals surface area contributed by atoms with Gasteiger partial charge in [-0.2, -0.15) is 0 Å². The summed E-state index contributed by atoms with van der Waals surface area (Å²) in [6, 6.07) is 6.97. The Morgan fingerprint density at radius 1 is 1.17 bits per heavy atom. The van der Waals surface area contributed by atoms with Crippen molar-refractivity contribution in [1.82, 2.24) is 0 Å². The molecule has 23 heavy (non-hydrogen) atoms. The van der Waals surface area contributed by atoms with Gasteiger partial charge in [-0.3, -0.25) is 9.59 Å². The highest BCUT2D eigenvalue weighted by Crippen LogP contribution is 2.28. The molecule has 0 aliphatic heterocycles. The lowest BCUT2D eigenvalue weighted by Gasteiger charge is -2.20. The molecule has 0 saturated heterocycles. The SMILES string of the molecule is CCc1ccc2oc(C(=O)CCC3CCCCC3)cc(=O)c2c1. The molecule has 1 aromatic carbocycles. The first kappa shape index (κ1) is 16.0. The highest BCUT2D eigenvalue weighted by atomic mass is 16.3. The third kappa shape index (κ3) is 3.72. The summed E-state index contributed by atoms with van der Waals surface area (Å²) in [7, 11) is 0. The molecule has 3 rings (SSSR count). The fourth-order valence-electron chi connectivity index (χ4n) is 3.49. The van der Waals surface area contributed by atoms with Crippen LogP contribution in [0.1, 0.15) is 68.0 Å². The quantitative estimate of drug-likeness (QED) is 0.738. The van der Waals surface area contributed by atoms with E-state index in [-0.39, 0.29) is 17.0 Å². The van der Waals surface area contributed by atoms with Crippen LogP contribution in [0.3, 0.4) is 0 Å². The topological polar surface area (TPSA) is 47.3 Å². The third-order valence-electron chi connectivity index (χ3n) is 4.98. The van der Waals surface area contributed by atoms with Crippen molar-refractivity contribution in [3.05, 3.63) is 45.8 Å². The van der Waals surface area contributed by atoms with Crippen LogP contribution in [0, 0.1) is 5.92 Å². The predicted molar refractivity (Wildman–Crippen MR) is 92.0 cm³/mol. The van der Waals surface area contributed by atoms with Crippen molar-refractivity contribution in [3.8, 4) is 0 Å². The molecule has 0 radical (unpaired) electrons. The smallest absolute Gasteiger partial charge is 0.198 e. The van der Waals surface area contributed by atoms with E-state index in [0.29, 0.717) is 23.3 Å². The summed E-state index contributed by atoms with van der Waals surface area (Å²) in [5, 5.41) is 0.563. The zero-order valence-corrected chi connectivity index (χ0v) is 13.8. The molecule has 1 heterocycles. The Bertz CT molecular complexity index is 751. The van der Waals surface area contributed by atoms with Gasteiger partial charge in [0.2, 0.25) is 0 Å². The summed E-state index contributed by atoms with van der Waals surface area (Å²) in [4.78, 5) is 24.6. The Kier molecular flexibility index (Phi) is 4.94. The maximum Gasteiger partial charge on any atom is 0.198 e. The van der Waals surface area contributed by atoms with Gasteiger partial charge in [0.15, 0.2) is 17.0 Å². The van der Waals surface area contributed by atoms with Gasteiger partial charge in [0.25, 0.3) is 0 Å². The van der Waals surface area contributed by atoms with E-state index in [4.69, 9.17) is 4.42 Å². The second kappa shape index (κ2) is 7.12. The summed E-state index contributed by atoms with van der Waals surface area (Å²) in [5.41, 5.74) is 1.49. The Morgan fingerprint density at radius 3 is 2.70 bits per heavy atom. The number of rotatable bonds is 5. The second-order valence-corrected chi connectivity index (χ2v) is 6.62. The van der Waals surface area contributed by atoms with Gasteiger partial charge in [0, 0.05) is 12.5 Å². The number of ketones is 1. The lowest BCUT2D eigenvalue weighted by atomic mass is 9.85. The lowest BCUT2D eigenvalue weighted by Crippen LogP contribution is -2.11. The van der Waals surface area contributed by atoms with Gasteiger partial charge in [-0.1, -0.05) is 45.1 Å². The van der Waals surface area contributed by atoms with Crippen LogP contribution in [0.15, 0.2) is 33.5 Å².